The Morgan fingerprint density at radius 2 is 2.17 bits per heavy atom. The average molecular weight is 184 g/mol. The van der Waals surface area contributed by atoms with E-state index in [2.05, 4.69) is 4.98 Å². The number of hydrogen-bond donors (Lipinski definition) is 1. The van der Waals surface area contributed by atoms with Gasteiger partial charge in [-0.15, -0.1) is 0 Å². The van der Waals surface area contributed by atoms with Crippen LogP contribution < -0.4 is 0 Å². The number of fused-ring (bicyclic) bond motifs is 1. The van der Waals surface area contributed by atoms with Crippen LogP contribution in [-0.2, 0) is 0 Å². The van der Waals surface area contributed by atoms with E-state index in [1.54, 1.807) is 12.1 Å². The smallest absolute Gasteiger partial charge is 0.165 e. The third-order valence-electron chi connectivity index (χ3n) is 1.82. The number of nitrogens with one attached hydrogen (secondary N) is 1. The van der Waals surface area contributed by atoms with Gasteiger partial charge < -0.3 is 4.98 Å². The molecule has 0 unspecified atom stereocenters. The fourth-order valence-corrected chi connectivity index (χ4v) is 1.44. The highest BCUT2D eigenvalue weighted by molar-refractivity contribution is 6.31. The number of H-pyrrole nitrogens is 1. The number of benzene rings is 1. The summed E-state index contributed by atoms with van der Waals surface area (Å²) in [4.78, 5) is 2.91. The molecule has 0 atom stereocenters. The Morgan fingerprint density at radius 1 is 1.42 bits per heavy atom. The molecule has 1 heterocycles. The maximum Gasteiger partial charge on any atom is 0.165 e. The number of hydrogen-bond acceptors (Lipinski definition) is 0. The van der Waals surface area contributed by atoms with E-state index in [0.29, 0.717) is 5.52 Å². The van der Waals surface area contributed by atoms with Crippen LogP contribution in [0.25, 0.3) is 10.9 Å². The van der Waals surface area contributed by atoms with E-state index in [4.69, 9.17) is 11.6 Å². The summed E-state index contributed by atoms with van der Waals surface area (Å²) < 4.78 is 13.2. The van der Waals surface area contributed by atoms with E-state index in [9.17, 15) is 4.39 Å². The van der Waals surface area contributed by atoms with Gasteiger partial charge in [-0.1, -0.05) is 17.7 Å². The average Bonchev–Trinajstić information content (AvgIpc) is 2.39. The summed E-state index contributed by atoms with van der Waals surface area (Å²) >= 11 is 5.60. The number of rotatable bonds is 0. The zero-order valence-electron chi connectivity index (χ0n) is 6.49. The first-order chi connectivity index (χ1) is 5.68. The van der Waals surface area contributed by atoms with Crippen LogP contribution in [0, 0.1) is 12.7 Å². The Hall–Kier alpha value is -1.02. The molecule has 0 saturated carbocycles. The highest BCUT2D eigenvalue weighted by atomic mass is 35.5. The molecule has 62 valence electrons. The van der Waals surface area contributed by atoms with Crippen LogP contribution in [0.5, 0.6) is 0 Å². The standard InChI is InChI=1S/C9H7ClFN/c1-5-4-6-2-3-7(10)8(11)9(6)12-5/h2-4,12H,1H3. The van der Waals surface area contributed by atoms with E-state index in [0.717, 1.165) is 11.1 Å². The lowest BCUT2D eigenvalue weighted by atomic mass is 10.2. The molecule has 1 aromatic carbocycles. The van der Waals surface area contributed by atoms with Crippen LogP contribution in [0.1, 0.15) is 5.69 Å². The Bertz CT molecular complexity index is 433. The van der Waals surface area contributed by atoms with Gasteiger partial charge in [0.15, 0.2) is 5.82 Å². The molecule has 0 bridgehead atoms. The van der Waals surface area contributed by atoms with Crippen LogP contribution in [0.15, 0.2) is 18.2 Å². The maximum atomic E-state index is 13.2. The molecule has 0 fully saturated rings. The summed E-state index contributed by atoms with van der Waals surface area (Å²) in [7, 11) is 0. The van der Waals surface area contributed by atoms with Gasteiger partial charge >= 0.3 is 0 Å². The molecule has 0 aliphatic carbocycles. The van der Waals surface area contributed by atoms with Gasteiger partial charge in [0.05, 0.1) is 10.5 Å². The molecule has 2 rings (SSSR count). The van der Waals surface area contributed by atoms with Crippen molar-refractivity contribution in [2.75, 3.05) is 0 Å². The Kier molecular flexibility index (Phi) is 1.58. The molecule has 0 amide bonds. The number of aromatic nitrogens is 1. The molecular formula is C9H7ClFN. The van der Waals surface area contributed by atoms with Crippen molar-refractivity contribution >= 4 is 22.5 Å². The minimum atomic E-state index is -0.373. The lowest BCUT2D eigenvalue weighted by Gasteiger charge is -1.94. The van der Waals surface area contributed by atoms with E-state index in [1.165, 1.54) is 0 Å². The quantitative estimate of drug-likeness (QED) is 0.645. The molecule has 1 nitrogen and oxygen atoms in total. The second kappa shape index (κ2) is 2.49. The van der Waals surface area contributed by atoms with Gasteiger partial charge in [-0.2, -0.15) is 0 Å². The van der Waals surface area contributed by atoms with Crippen LogP contribution in [0.4, 0.5) is 4.39 Å². The summed E-state index contributed by atoms with van der Waals surface area (Å²) in [6, 6.07) is 5.24. The molecule has 1 aromatic heterocycles. The zero-order chi connectivity index (χ0) is 8.72. The van der Waals surface area contributed by atoms with Crippen molar-refractivity contribution in [2.24, 2.45) is 0 Å². The maximum absolute atomic E-state index is 13.2. The minimum absolute atomic E-state index is 0.157. The molecule has 3 heteroatoms. The summed E-state index contributed by atoms with van der Waals surface area (Å²) in [5.74, 6) is -0.373. The molecule has 1 N–H and O–H groups in total. The summed E-state index contributed by atoms with van der Waals surface area (Å²) in [6.07, 6.45) is 0. The van der Waals surface area contributed by atoms with Gasteiger partial charge in [-0.3, -0.25) is 0 Å². The fraction of sp³-hybridized carbons (Fsp3) is 0.111. The second-order valence-corrected chi connectivity index (χ2v) is 3.19. The highest BCUT2D eigenvalue weighted by Gasteiger charge is 2.06. The lowest BCUT2D eigenvalue weighted by Crippen LogP contribution is -1.78. The van der Waals surface area contributed by atoms with Crippen molar-refractivity contribution in [3.05, 3.63) is 34.7 Å². The first kappa shape index (κ1) is 7.62. The van der Waals surface area contributed by atoms with E-state index in [1.807, 2.05) is 13.0 Å². The van der Waals surface area contributed by atoms with Crippen LogP contribution in [0.2, 0.25) is 5.02 Å². The van der Waals surface area contributed by atoms with Crippen molar-refractivity contribution in [1.29, 1.82) is 0 Å². The van der Waals surface area contributed by atoms with Gasteiger partial charge in [0.25, 0.3) is 0 Å². The van der Waals surface area contributed by atoms with Gasteiger partial charge in [0, 0.05) is 11.1 Å². The van der Waals surface area contributed by atoms with Gasteiger partial charge in [0.1, 0.15) is 0 Å². The molecule has 0 radical (unpaired) electrons. The predicted molar refractivity (Wildman–Crippen MR) is 48.0 cm³/mol. The SMILES string of the molecule is Cc1cc2ccc(Cl)c(F)c2[nH]1. The van der Waals surface area contributed by atoms with E-state index < -0.39 is 0 Å². The largest absolute Gasteiger partial charge is 0.356 e. The Morgan fingerprint density at radius 3 is 2.92 bits per heavy atom. The first-order valence-electron chi connectivity index (χ1n) is 3.62. The number of aryl methyl sites for hydroxylation is 1. The third kappa shape index (κ3) is 0.994. The zero-order valence-corrected chi connectivity index (χ0v) is 7.24. The molecular weight excluding hydrogens is 177 g/mol. The monoisotopic (exact) mass is 183 g/mol. The van der Waals surface area contributed by atoms with Crippen molar-refractivity contribution < 1.29 is 4.39 Å². The minimum Gasteiger partial charge on any atom is -0.356 e. The highest BCUT2D eigenvalue weighted by Crippen LogP contribution is 2.24. The van der Waals surface area contributed by atoms with Crippen LogP contribution in [-0.4, -0.2) is 4.98 Å². The van der Waals surface area contributed by atoms with Crippen LogP contribution in [0.3, 0.4) is 0 Å². The van der Waals surface area contributed by atoms with Crippen molar-refractivity contribution in [3.63, 3.8) is 0 Å². The normalized spacial score (nSPS) is 10.9. The molecule has 0 aliphatic heterocycles. The number of halogens is 2. The Labute approximate surface area is 74.2 Å². The van der Waals surface area contributed by atoms with Gasteiger partial charge in [-0.05, 0) is 19.1 Å². The van der Waals surface area contributed by atoms with Gasteiger partial charge in [0.2, 0.25) is 0 Å². The van der Waals surface area contributed by atoms with Crippen molar-refractivity contribution in [3.8, 4) is 0 Å². The van der Waals surface area contributed by atoms with Crippen molar-refractivity contribution in [2.45, 2.75) is 6.92 Å². The molecule has 12 heavy (non-hydrogen) atoms. The molecule has 0 spiro atoms. The predicted octanol–water partition coefficient (Wildman–Crippen LogP) is 3.27. The second-order valence-electron chi connectivity index (χ2n) is 2.78. The van der Waals surface area contributed by atoms with Crippen LogP contribution >= 0.6 is 11.6 Å². The lowest BCUT2D eigenvalue weighted by molar-refractivity contribution is 0.637. The van der Waals surface area contributed by atoms with Crippen molar-refractivity contribution in [1.82, 2.24) is 4.98 Å². The third-order valence-corrected chi connectivity index (χ3v) is 2.11. The first-order valence-corrected chi connectivity index (χ1v) is 3.99. The summed E-state index contributed by atoms with van der Waals surface area (Å²) in [5, 5.41) is 1.01. The fourth-order valence-electron chi connectivity index (χ4n) is 1.28. The number of aromatic amines is 1. The van der Waals surface area contributed by atoms with E-state index in [-0.39, 0.29) is 10.8 Å². The molecule has 0 aliphatic rings. The summed E-state index contributed by atoms with van der Waals surface area (Å²) in [6.45, 7) is 1.88. The van der Waals surface area contributed by atoms with Gasteiger partial charge in [-0.25, -0.2) is 4.39 Å². The Balaban J connectivity index is 2.89. The topological polar surface area (TPSA) is 15.8 Å². The summed E-state index contributed by atoms with van der Waals surface area (Å²) in [5.41, 5.74) is 1.42. The van der Waals surface area contributed by atoms with E-state index >= 15 is 0 Å². The molecule has 0 saturated heterocycles. The molecule has 2 aromatic rings.